The zero-order valence-electron chi connectivity index (χ0n) is 11.3. The molecule has 8 heteroatoms. The van der Waals surface area contributed by atoms with Crippen LogP contribution in [0.25, 0.3) is 4.72 Å². The van der Waals surface area contributed by atoms with Crippen molar-refractivity contribution < 1.29 is 26.3 Å². The highest BCUT2D eigenvalue weighted by molar-refractivity contribution is 7.94. The molecule has 0 aliphatic heterocycles. The molecule has 22 heavy (non-hydrogen) atoms. The number of alkyl halides is 3. The van der Waals surface area contributed by atoms with E-state index in [1.807, 2.05) is 0 Å². The Kier molecular flexibility index (Phi) is 4.32. The summed E-state index contributed by atoms with van der Waals surface area (Å²) in [6, 6.07) is 9.21. The Balaban J connectivity index is 2.28. The van der Waals surface area contributed by atoms with E-state index >= 15 is 0 Å². The molecule has 0 atom stereocenters. The topological polar surface area (TPSA) is 57.5 Å². The van der Waals surface area contributed by atoms with E-state index in [-0.39, 0.29) is 10.6 Å². The van der Waals surface area contributed by atoms with Crippen molar-refractivity contribution >= 4 is 15.7 Å². The van der Waals surface area contributed by atoms with Gasteiger partial charge >= 0.3 is 6.18 Å². The van der Waals surface area contributed by atoms with Gasteiger partial charge in [-0.25, -0.2) is 8.42 Å². The van der Waals surface area contributed by atoms with Gasteiger partial charge in [0.2, 0.25) is 0 Å². The Morgan fingerprint density at radius 3 is 2.23 bits per heavy atom. The van der Waals surface area contributed by atoms with Crippen LogP contribution < -0.4 is 4.74 Å². The number of nitrogens with zero attached hydrogens (tertiary/aromatic N) is 1. The van der Waals surface area contributed by atoms with Crippen molar-refractivity contribution in [1.82, 2.24) is 0 Å². The molecule has 118 valence electrons. The zero-order valence-corrected chi connectivity index (χ0v) is 12.1. The van der Waals surface area contributed by atoms with E-state index in [1.165, 1.54) is 37.4 Å². The summed E-state index contributed by atoms with van der Waals surface area (Å²) in [7, 11) is -2.67. The van der Waals surface area contributed by atoms with Gasteiger partial charge in [0, 0.05) is 0 Å². The van der Waals surface area contributed by atoms with Crippen LogP contribution in [0.5, 0.6) is 5.75 Å². The summed E-state index contributed by atoms with van der Waals surface area (Å²) in [4.78, 5) is -0.134. The van der Waals surface area contributed by atoms with Gasteiger partial charge in [0.25, 0.3) is 0 Å². The third-order valence-electron chi connectivity index (χ3n) is 2.76. The highest BCUT2D eigenvalue weighted by Gasteiger charge is 2.29. The number of halogens is 3. The van der Waals surface area contributed by atoms with Gasteiger partial charge in [0.1, 0.15) is 15.8 Å². The van der Waals surface area contributed by atoms with Crippen molar-refractivity contribution in [1.29, 1.82) is 0 Å². The van der Waals surface area contributed by atoms with E-state index < -0.39 is 21.8 Å². The normalized spacial score (nSPS) is 12.0. The molecule has 2 aromatic rings. The molecule has 0 saturated heterocycles. The standard InChI is InChI=1S/C14H11F3NO3S/c1-21-12-5-7-13(8-6-12)22(19,20)18-11-4-2-3-10(9-11)14(15,16)17/h2-9H,1H3/q-1. The third kappa shape index (κ3) is 3.70. The molecular weight excluding hydrogens is 319 g/mol. The first kappa shape index (κ1) is 16.2. The zero-order chi connectivity index (χ0) is 16.4. The average molecular weight is 330 g/mol. The average Bonchev–Trinajstić information content (AvgIpc) is 2.46. The predicted octanol–water partition coefficient (Wildman–Crippen LogP) is 4.11. The second-order valence-electron chi connectivity index (χ2n) is 4.29. The van der Waals surface area contributed by atoms with E-state index in [9.17, 15) is 21.6 Å². The minimum absolute atomic E-state index is 0.134. The van der Waals surface area contributed by atoms with Crippen LogP contribution in [0.4, 0.5) is 18.9 Å². The second-order valence-corrected chi connectivity index (χ2v) is 5.89. The van der Waals surface area contributed by atoms with Crippen LogP contribution >= 0.6 is 0 Å². The quantitative estimate of drug-likeness (QED) is 0.848. The number of ether oxygens (including phenoxy) is 1. The lowest BCUT2D eigenvalue weighted by Gasteiger charge is -2.23. The number of hydrogen-bond donors (Lipinski definition) is 0. The molecule has 0 aromatic heterocycles. The molecule has 2 rings (SSSR count). The summed E-state index contributed by atoms with van der Waals surface area (Å²) >= 11 is 0. The Labute approximate surface area is 125 Å². The predicted molar refractivity (Wildman–Crippen MR) is 74.6 cm³/mol. The van der Waals surface area contributed by atoms with Crippen molar-refractivity contribution in [2.45, 2.75) is 11.1 Å². The molecule has 4 nitrogen and oxygen atoms in total. The minimum Gasteiger partial charge on any atom is -0.573 e. The highest BCUT2D eigenvalue weighted by Crippen LogP contribution is 2.35. The number of rotatable bonds is 4. The fourth-order valence-corrected chi connectivity index (χ4v) is 2.65. The second kappa shape index (κ2) is 5.88. The van der Waals surface area contributed by atoms with Crippen LogP contribution in [0.3, 0.4) is 0 Å². The van der Waals surface area contributed by atoms with Crippen LogP contribution in [0, 0.1) is 0 Å². The molecule has 0 aliphatic rings. The van der Waals surface area contributed by atoms with Crippen LogP contribution in [0.15, 0.2) is 53.4 Å². The summed E-state index contributed by atoms with van der Waals surface area (Å²) in [6.07, 6.45) is -4.56. The highest BCUT2D eigenvalue weighted by atomic mass is 32.2. The van der Waals surface area contributed by atoms with Crippen LogP contribution in [-0.2, 0) is 16.2 Å². The summed E-state index contributed by atoms with van der Waals surface area (Å²) in [5.41, 5.74) is -1.25. The summed E-state index contributed by atoms with van der Waals surface area (Å²) in [5.74, 6) is 0.456. The lowest BCUT2D eigenvalue weighted by molar-refractivity contribution is -0.137. The molecular formula is C14H11F3NO3S-. The van der Waals surface area contributed by atoms with Gasteiger partial charge in [-0.1, -0.05) is 24.3 Å². The van der Waals surface area contributed by atoms with Crippen LogP contribution in [0.1, 0.15) is 5.56 Å². The molecule has 0 saturated carbocycles. The summed E-state index contributed by atoms with van der Waals surface area (Å²) in [5, 5.41) is 0. The van der Waals surface area contributed by atoms with Crippen molar-refractivity contribution in [3.63, 3.8) is 0 Å². The maximum atomic E-state index is 12.6. The van der Waals surface area contributed by atoms with E-state index in [1.54, 1.807) is 0 Å². The van der Waals surface area contributed by atoms with E-state index in [0.717, 1.165) is 12.1 Å². The maximum Gasteiger partial charge on any atom is 0.416 e. The van der Waals surface area contributed by atoms with Crippen LogP contribution in [0.2, 0.25) is 0 Å². The largest absolute Gasteiger partial charge is 0.573 e. The van der Waals surface area contributed by atoms with Crippen molar-refractivity contribution in [3.8, 4) is 5.75 Å². The fraction of sp³-hybridized carbons (Fsp3) is 0.143. The Morgan fingerprint density at radius 2 is 1.68 bits per heavy atom. The molecule has 0 unspecified atom stereocenters. The first-order valence-electron chi connectivity index (χ1n) is 6.02. The molecule has 0 aliphatic carbocycles. The van der Waals surface area contributed by atoms with Crippen molar-refractivity contribution in [2.75, 3.05) is 7.11 Å². The number of sulfonamides is 1. The Hall–Kier alpha value is -2.22. The Morgan fingerprint density at radius 1 is 1.05 bits per heavy atom. The van der Waals surface area contributed by atoms with Gasteiger partial charge in [-0.15, -0.1) is 5.69 Å². The molecule has 0 spiro atoms. The smallest absolute Gasteiger partial charge is 0.416 e. The monoisotopic (exact) mass is 330 g/mol. The number of hydrogen-bond acceptors (Lipinski definition) is 3. The summed E-state index contributed by atoms with van der Waals surface area (Å²) < 4.78 is 70.3. The lowest BCUT2D eigenvalue weighted by Crippen LogP contribution is -2.04. The van der Waals surface area contributed by atoms with E-state index in [2.05, 4.69) is 4.72 Å². The molecule has 0 bridgehead atoms. The maximum absolute atomic E-state index is 12.6. The van der Waals surface area contributed by atoms with Crippen molar-refractivity contribution in [2.24, 2.45) is 0 Å². The van der Waals surface area contributed by atoms with E-state index in [0.29, 0.717) is 11.8 Å². The van der Waals surface area contributed by atoms with Crippen molar-refractivity contribution in [3.05, 3.63) is 58.8 Å². The first-order chi connectivity index (χ1) is 10.2. The fourth-order valence-electron chi connectivity index (χ4n) is 1.68. The van der Waals surface area contributed by atoms with E-state index in [4.69, 9.17) is 4.74 Å². The third-order valence-corrected chi connectivity index (χ3v) is 4.08. The minimum atomic E-state index is -4.56. The lowest BCUT2D eigenvalue weighted by atomic mass is 10.2. The van der Waals surface area contributed by atoms with Crippen LogP contribution in [-0.4, -0.2) is 15.5 Å². The SMILES string of the molecule is COc1ccc(S(=O)(=O)[N-]c2cccc(C(F)(F)F)c2)cc1. The van der Waals surface area contributed by atoms with Gasteiger partial charge < -0.3 is 9.46 Å². The van der Waals surface area contributed by atoms with Gasteiger partial charge in [0.15, 0.2) is 0 Å². The molecule has 0 heterocycles. The molecule has 0 amide bonds. The van der Waals surface area contributed by atoms with Gasteiger partial charge in [-0.05, 0) is 24.3 Å². The first-order valence-corrected chi connectivity index (χ1v) is 7.46. The molecule has 0 N–H and O–H groups in total. The summed E-state index contributed by atoms with van der Waals surface area (Å²) in [6.45, 7) is 0. The van der Waals surface area contributed by atoms with Gasteiger partial charge in [-0.3, -0.25) is 0 Å². The van der Waals surface area contributed by atoms with Gasteiger partial charge in [0.05, 0.1) is 17.6 Å². The molecule has 0 fully saturated rings. The Bertz CT molecular complexity index is 756. The number of benzene rings is 2. The molecule has 2 aromatic carbocycles. The van der Waals surface area contributed by atoms with Gasteiger partial charge in [-0.2, -0.15) is 13.2 Å². The number of methoxy groups -OCH3 is 1. The molecule has 0 radical (unpaired) electrons.